The predicted octanol–water partition coefficient (Wildman–Crippen LogP) is 2.00. The van der Waals surface area contributed by atoms with E-state index in [1.54, 1.807) is 12.1 Å². The Bertz CT molecular complexity index is 1290. The molecule has 0 heterocycles. The number of benzene rings is 3. The SMILES string of the molecule is COC(=O)c1cc([Se][Se]c2ccc(NC(=S)Nc3ccccc3)c(C(=O)OC)c2)ccc1NC(N)=S. The first-order valence-corrected chi connectivity index (χ1v) is 17.2. The first-order chi connectivity index (χ1) is 17.3. The van der Waals surface area contributed by atoms with Gasteiger partial charge in [0.2, 0.25) is 0 Å². The van der Waals surface area contributed by atoms with Gasteiger partial charge in [0.1, 0.15) is 0 Å². The zero-order valence-electron chi connectivity index (χ0n) is 19.2. The molecule has 0 unspecified atom stereocenters. The van der Waals surface area contributed by atoms with Crippen molar-refractivity contribution in [1.29, 1.82) is 0 Å². The summed E-state index contributed by atoms with van der Waals surface area (Å²) in [5.41, 5.74) is 8.17. The van der Waals surface area contributed by atoms with Crippen LogP contribution in [-0.4, -0.2) is 62.6 Å². The molecule has 5 N–H and O–H groups in total. The average molecular weight is 653 g/mol. The van der Waals surface area contributed by atoms with E-state index in [4.69, 9.17) is 39.6 Å². The van der Waals surface area contributed by atoms with Crippen LogP contribution in [0.3, 0.4) is 0 Å². The first kappa shape index (κ1) is 27.6. The number of ether oxygens (including phenoxy) is 2. The van der Waals surface area contributed by atoms with Gasteiger partial charge in [-0.25, -0.2) is 0 Å². The van der Waals surface area contributed by atoms with Gasteiger partial charge < -0.3 is 0 Å². The molecule has 0 saturated heterocycles. The number of methoxy groups -OCH3 is 2. The van der Waals surface area contributed by atoms with Gasteiger partial charge in [0.25, 0.3) is 0 Å². The van der Waals surface area contributed by atoms with Crippen LogP contribution in [0.4, 0.5) is 17.1 Å². The van der Waals surface area contributed by atoms with Crippen molar-refractivity contribution >= 4 is 98.8 Å². The van der Waals surface area contributed by atoms with Gasteiger partial charge in [-0.2, -0.15) is 0 Å². The van der Waals surface area contributed by atoms with Gasteiger partial charge in [0.15, 0.2) is 0 Å². The average Bonchev–Trinajstić information content (AvgIpc) is 2.88. The second-order valence-electron chi connectivity index (χ2n) is 7.00. The maximum atomic E-state index is 12.5. The number of nitrogens with two attached hydrogens (primary N) is 1. The van der Waals surface area contributed by atoms with Crippen molar-refractivity contribution in [1.82, 2.24) is 0 Å². The molecular formula is C24H22N4O4S2Se2. The Balaban J connectivity index is 1.76. The molecule has 0 aliphatic carbocycles. The van der Waals surface area contributed by atoms with Crippen LogP contribution in [0.15, 0.2) is 66.7 Å². The summed E-state index contributed by atoms with van der Waals surface area (Å²) >= 11 is 10.3. The summed E-state index contributed by atoms with van der Waals surface area (Å²) in [6.07, 6.45) is 0. The van der Waals surface area contributed by atoms with Gasteiger partial charge in [0, 0.05) is 0 Å². The van der Waals surface area contributed by atoms with E-state index in [1.807, 2.05) is 54.6 Å². The van der Waals surface area contributed by atoms with Gasteiger partial charge in [0.05, 0.1) is 0 Å². The van der Waals surface area contributed by atoms with Crippen molar-refractivity contribution in [2.75, 3.05) is 30.2 Å². The number of esters is 2. The molecule has 0 atom stereocenters. The van der Waals surface area contributed by atoms with Crippen molar-refractivity contribution < 1.29 is 19.1 Å². The van der Waals surface area contributed by atoms with Crippen LogP contribution in [0.5, 0.6) is 0 Å². The Hall–Kier alpha value is -2.98. The molecule has 3 rings (SSSR count). The number of hydrogen-bond acceptors (Lipinski definition) is 6. The maximum absolute atomic E-state index is 12.5. The molecule has 186 valence electrons. The number of thiocarbonyl (C=S) groups is 2. The number of carbonyl (C=O) groups excluding carboxylic acids is 2. The standard InChI is InChI=1S/C24H22N4O4S2Se2/c1-31-21(29)17-12-15(8-10-19(17)27-23(25)33)35-36-16-9-11-20(18(13-16)22(30)32-2)28-24(34)26-14-6-4-3-5-7-14/h3-13H,1-2H3,(H3,25,27,33)(H2,26,28,34). The quantitative estimate of drug-likeness (QED) is 0.164. The summed E-state index contributed by atoms with van der Waals surface area (Å²) in [6, 6.07) is 20.5. The third-order valence-corrected chi connectivity index (χ3v) is 12.0. The second-order valence-corrected chi connectivity index (χ2v) is 14.2. The van der Waals surface area contributed by atoms with E-state index in [9.17, 15) is 9.59 Å². The molecule has 12 heteroatoms. The Morgan fingerprint density at radius 1 is 0.750 bits per heavy atom. The topological polar surface area (TPSA) is 115 Å². The second kappa shape index (κ2) is 13.4. The van der Waals surface area contributed by atoms with Crippen molar-refractivity contribution in [2.45, 2.75) is 0 Å². The molecule has 0 amide bonds. The van der Waals surface area contributed by atoms with E-state index in [0.29, 0.717) is 27.6 Å². The van der Waals surface area contributed by atoms with Gasteiger partial charge in [-0.3, -0.25) is 0 Å². The summed E-state index contributed by atoms with van der Waals surface area (Å²) in [5, 5.41) is 9.38. The number of anilines is 3. The fourth-order valence-electron chi connectivity index (χ4n) is 2.96. The van der Waals surface area contributed by atoms with E-state index < -0.39 is 11.9 Å². The molecule has 0 spiro atoms. The Kier molecular flexibility index (Phi) is 10.2. The number of para-hydroxylation sites is 1. The molecule has 3 aromatic carbocycles. The zero-order valence-corrected chi connectivity index (χ0v) is 24.3. The first-order valence-electron chi connectivity index (χ1n) is 10.3. The van der Waals surface area contributed by atoms with Gasteiger partial charge in [-0.05, 0) is 0 Å². The van der Waals surface area contributed by atoms with E-state index in [-0.39, 0.29) is 31.4 Å². The summed E-state index contributed by atoms with van der Waals surface area (Å²) in [6.45, 7) is 0. The van der Waals surface area contributed by atoms with Crippen LogP contribution in [0.25, 0.3) is 0 Å². The summed E-state index contributed by atoms with van der Waals surface area (Å²) < 4.78 is 11.9. The summed E-state index contributed by atoms with van der Waals surface area (Å²) in [4.78, 5) is 24.7. The van der Waals surface area contributed by atoms with Crippen LogP contribution in [0.1, 0.15) is 20.7 Å². The van der Waals surface area contributed by atoms with Gasteiger partial charge >= 0.3 is 232 Å². The number of nitrogens with one attached hydrogen (secondary N) is 3. The molecular weight excluding hydrogens is 630 g/mol. The third-order valence-electron chi connectivity index (χ3n) is 4.56. The molecule has 3 aromatic rings. The normalized spacial score (nSPS) is 10.2. The Morgan fingerprint density at radius 3 is 1.72 bits per heavy atom. The molecule has 36 heavy (non-hydrogen) atoms. The van der Waals surface area contributed by atoms with Crippen LogP contribution >= 0.6 is 24.4 Å². The Morgan fingerprint density at radius 2 is 1.25 bits per heavy atom. The number of hydrogen-bond donors (Lipinski definition) is 4. The predicted molar refractivity (Wildman–Crippen MR) is 153 cm³/mol. The zero-order chi connectivity index (χ0) is 26.1. The minimum absolute atomic E-state index is 0.0165. The Labute approximate surface area is 230 Å². The molecule has 0 radical (unpaired) electrons. The molecule has 0 bridgehead atoms. The van der Waals surface area contributed by atoms with Crippen LogP contribution < -0.4 is 30.6 Å². The number of rotatable bonds is 8. The van der Waals surface area contributed by atoms with E-state index in [2.05, 4.69) is 16.0 Å². The third kappa shape index (κ3) is 7.76. The summed E-state index contributed by atoms with van der Waals surface area (Å²) in [7, 11) is 2.66. The fraction of sp³-hybridized carbons (Fsp3) is 0.0833. The van der Waals surface area contributed by atoms with Crippen molar-refractivity contribution in [3.63, 3.8) is 0 Å². The van der Waals surface area contributed by atoms with Crippen LogP contribution in [0.2, 0.25) is 0 Å². The molecule has 0 aliphatic rings. The van der Waals surface area contributed by atoms with Crippen molar-refractivity contribution in [3.05, 3.63) is 77.9 Å². The van der Waals surface area contributed by atoms with E-state index in [0.717, 1.165) is 14.6 Å². The van der Waals surface area contributed by atoms with E-state index >= 15 is 0 Å². The minimum atomic E-state index is -0.484. The van der Waals surface area contributed by atoms with Crippen molar-refractivity contribution in [3.8, 4) is 0 Å². The van der Waals surface area contributed by atoms with E-state index in [1.165, 1.54) is 14.2 Å². The molecule has 0 saturated carbocycles. The molecule has 0 fully saturated rings. The molecule has 0 aliphatic heterocycles. The molecule has 0 aromatic heterocycles. The van der Waals surface area contributed by atoms with Crippen LogP contribution in [-0.2, 0) is 9.47 Å². The summed E-state index contributed by atoms with van der Waals surface area (Å²) in [5.74, 6) is -0.950. The van der Waals surface area contributed by atoms with Crippen molar-refractivity contribution in [2.24, 2.45) is 5.73 Å². The monoisotopic (exact) mass is 654 g/mol. The fourth-order valence-corrected chi connectivity index (χ4v) is 9.28. The number of carbonyl (C=O) groups is 2. The van der Waals surface area contributed by atoms with Gasteiger partial charge in [-0.1, -0.05) is 0 Å². The molecule has 8 nitrogen and oxygen atoms in total. The van der Waals surface area contributed by atoms with Crippen LogP contribution in [0, 0.1) is 0 Å². The van der Waals surface area contributed by atoms with Gasteiger partial charge in [-0.15, -0.1) is 0 Å².